The summed E-state index contributed by atoms with van der Waals surface area (Å²) in [4.78, 5) is 3.16. The Hall–Kier alpha value is -0.960. The molecule has 0 aliphatic carbocycles. The average molecular weight is 151 g/mol. The summed E-state index contributed by atoms with van der Waals surface area (Å²) in [6.07, 6.45) is 4.35. The van der Waals surface area contributed by atoms with Gasteiger partial charge in [0.1, 0.15) is 0 Å². The van der Waals surface area contributed by atoms with Crippen molar-refractivity contribution in [3.63, 3.8) is 0 Å². The molecule has 0 saturated carbocycles. The van der Waals surface area contributed by atoms with Crippen molar-refractivity contribution in [3.05, 3.63) is 18.0 Å². The fraction of sp³-hybridized carbons (Fsp3) is 0.500. The lowest BCUT2D eigenvalue weighted by Gasteiger charge is -2.08. The number of nitrogens with two attached hydrogens (primary N) is 1. The first-order valence-electron chi connectivity index (χ1n) is 4.04. The molecule has 3 heteroatoms. The Morgan fingerprint density at radius 1 is 1.55 bits per heavy atom. The van der Waals surface area contributed by atoms with E-state index in [1.807, 2.05) is 12.3 Å². The molecule has 0 unspecified atom stereocenters. The standard InChI is InChI=1S/C8H13N3/c9-6-3-5-11-8(6)7-2-1-4-10-7/h3,5,7,10-11H,1-2,4,9H2/t7-/m1/s1. The normalized spacial score (nSPS) is 24.2. The third kappa shape index (κ3) is 1.12. The van der Waals surface area contributed by atoms with Crippen LogP contribution in [0.1, 0.15) is 24.6 Å². The van der Waals surface area contributed by atoms with E-state index >= 15 is 0 Å². The molecule has 0 aromatic carbocycles. The number of hydrogen-bond donors (Lipinski definition) is 3. The van der Waals surface area contributed by atoms with E-state index < -0.39 is 0 Å². The van der Waals surface area contributed by atoms with Crippen LogP contribution >= 0.6 is 0 Å². The van der Waals surface area contributed by atoms with Crippen molar-refractivity contribution in [2.24, 2.45) is 0 Å². The molecule has 1 aliphatic rings. The van der Waals surface area contributed by atoms with Gasteiger partial charge in [0.25, 0.3) is 0 Å². The second-order valence-electron chi connectivity index (χ2n) is 3.00. The fourth-order valence-corrected chi connectivity index (χ4v) is 1.63. The monoisotopic (exact) mass is 151 g/mol. The Balaban J connectivity index is 2.21. The number of anilines is 1. The van der Waals surface area contributed by atoms with Gasteiger partial charge < -0.3 is 16.0 Å². The summed E-state index contributed by atoms with van der Waals surface area (Å²) in [5.74, 6) is 0. The predicted octanol–water partition coefficient (Wildman–Crippen LogP) is 1.02. The van der Waals surface area contributed by atoms with E-state index in [1.165, 1.54) is 12.8 Å². The van der Waals surface area contributed by atoms with Gasteiger partial charge in [-0.1, -0.05) is 0 Å². The maximum atomic E-state index is 5.75. The summed E-state index contributed by atoms with van der Waals surface area (Å²) in [6.45, 7) is 1.11. The molecule has 2 rings (SSSR count). The van der Waals surface area contributed by atoms with E-state index in [2.05, 4.69) is 10.3 Å². The molecule has 1 aliphatic heterocycles. The van der Waals surface area contributed by atoms with Crippen LogP contribution in [0.5, 0.6) is 0 Å². The topological polar surface area (TPSA) is 53.8 Å². The number of rotatable bonds is 1. The molecule has 1 saturated heterocycles. The van der Waals surface area contributed by atoms with Crippen LogP contribution in [-0.2, 0) is 0 Å². The first kappa shape index (κ1) is 6.73. The zero-order valence-electron chi connectivity index (χ0n) is 6.43. The summed E-state index contributed by atoms with van der Waals surface area (Å²) in [5, 5.41) is 3.39. The number of nitrogens with one attached hydrogen (secondary N) is 2. The average Bonchev–Trinajstić information content (AvgIpc) is 2.55. The number of hydrogen-bond acceptors (Lipinski definition) is 2. The minimum Gasteiger partial charge on any atom is -0.397 e. The molecule has 0 bridgehead atoms. The molecule has 3 nitrogen and oxygen atoms in total. The molecular formula is C8H13N3. The zero-order valence-corrected chi connectivity index (χ0v) is 6.43. The lowest BCUT2D eigenvalue weighted by atomic mass is 10.1. The fourth-order valence-electron chi connectivity index (χ4n) is 1.63. The summed E-state index contributed by atoms with van der Waals surface area (Å²) in [6, 6.07) is 2.38. The molecule has 1 atom stereocenters. The van der Waals surface area contributed by atoms with E-state index in [1.54, 1.807) is 0 Å². The van der Waals surface area contributed by atoms with Crippen molar-refractivity contribution < 1.29 is 0 Å². The van der Waals surface area contributed by atoms with Gasteiger partial charge in [-0.25, -0.2) is 0 Å². The van der Waals surface area contributed by atoms with Crippen LogP contribution in [-0.4, -0.2) is 11.5 Å². The van der Waals surface area contributed by atoms with Crippen molar-refractivity contribution in [2.75, 3.05) is 12.3 Å². The lowest BCUT2D eigenvalue weighted by molar-refractivity contribution is 0.634. The molecule has 1 aromatic rings. The van der Waals surface area contributed by atoms with Crippen LogP contribution in [0.15, 0.2) is 12.3 Å². The molecule has 60 valence electrons. The second kappa shape index (κ2) is 2.58. The summed E-state index contributed by atoms with van der Waals surface area (Å²) >= 11 is 0. The van der Waals surface area contributed by atoms with E-state index in [0.29, 0.717) is 6.04 Å². The van der Waals surface area contributed by atoms with Crippen LogP contribution in [0.3, 0.4) is 0 Å². The second-order valence-corrected chi connectivity index (χ2v) is 3.00. The highest BCUT2D eigenvalue weighted by Crippen LogP contribution is 2.25. The van der Waals surface area contributed by atoms with Gasteiger partial charge in [0.05, 0.1) is 11.4 Å². The van der Waals surface area contributed by atoms with Gasteiger partial charge >= 0.3 is 0 Å². The summed E-state index contributed by atoms with van der Waals surface area (Å²) < 4.78 is 0. The van der Waals surface area contributed by atoms with Crippen molar-refractivity contribution in [1.29, 1.82) is 0 Å². The quantitative estimate of drug-likeness (QED) is 0.561. The summed E-state index contributed by atoms with van der Waals surface area (Å²) in [7, 11) is 0. The molecule has 1 fully saturated rings. The van der Waals surface area contributed by atoms with E-state index in [9.17, 15) is 0 Å². The Labute approximate surface area is 66.0 Å². The molecular weight excluding hydrogens is 138 g/mol. The van der Waals surface area contributed by atoms with Gasteiger partial charge in [0.15, 0.2) is 0 Å². The van der Waals surface area contributed by atoms with Crippen molar-refractivity contribution in [1.82, 2.24) is 10.3 Å². The SMILES string of the molecule is Nc1cc[nH]c1[C@H]1CCCN1. The van der Waals surface area contributed by atoms with Gasteiger partial charge in [0, 0.05) is 12.2 Å². The van der Waals surface area contributed by atoms with Gasteiger partial charge in [-0.2, -0.15) is 0 Å². The van der Waals surface area contributed by atoms with Gasteiger partial charge in [0.2, 0.25) is 0 Å². The maximum absolute atomic E-state index is 5.75. The maximum Gasteiger partial charge on any atom is 0.0553 e. The molecule has 2 heterocycles. The van der Waals surface area contributed by atoms with Crippen molar-refractivity contribution in [3.8, 4) is 0 Å². The Bertz CT molecular complexity index is 235. The van der Waals surface area contributed by atoms with Crippen molar-refractivity contribution >= 4 is 5.69 Å². The Morgan fingerprint density at radius 3 is 3.00 bits per heavy atom. The highest BCUT2D eigenvalue weighted by molar-refractivity contribution is 5.44. The largest absolute Gasteiger partial charge is 0.397 e. The third-order valence-electron chi connectivity index (χ3n) is 2.22. The number of nitrogen functional groups attached to an aromatic ring is 1. The molecule has 4 N–H and O–H groups in total. The number of H-pyrrole nitrogens is 1. The van der Waals surface area contributed by atoms with Crippen LogP contribution < -0.4 is 11.1 Å². The van der Waals surface area contributed by atoms with Gasteiger partial charge in [-0.3, -0.25) is 0 Å². The van der Waals surface area contributed by atoms with Crippen LogP contribution in [0.4, 0.5) is 5.69 Å². The minimum absolute atomic E-state index is 0.463. The van der Waals surface area contributed by atoms with Crippen LogP contribution in [0, 0.1) is 0 Å². The van der Waals surface area contributed by atoms with Gasteiger partial charge in [-0.05, 0) is 25.5 Å². The zero-order chi connectivity index (χ0) is 7.68. The Morgan fingerprint density at radius 2 is 2.45 bits per heavy atom. The molecule has 0 amide bonds. The van der Waals surface area contributed by atoms with E-state index in [4.69, 9.17) is 5.73 Å². The first-order valence-corrected chi connectivity index (χ1v) is 4.04. The minimum atomic E-state index is 0.463. The number of aromatic nitrogens is 1. The van der Waals surface area contributed by atoms with E-state index in [-0.39, 0.29) is 0 Å². The van der Waals surface area contributed by atoms with Crippen LogP contribution in [0.2, 0.25) is 0 Å². The Kier molecular flexibility index (Phi) is 1.58. The van der Waals surface area contributed by atoms with Crippen molar-refractivity contribution in [2.45, 2.75) is 18.9 Å². The van der Waals surface area contributed by atoms with E-state index in [0.717, 1.165) is 17.9 Å². The highest BCUT2D eigenvalue weighted by Gasteiger charge is 2.18. The molecule has 11 heavy (non-hydrogen) atoms. The molecule has 1 aromatic heterocycles. The molecule has 0 radical (unpaired) electrons. The predicted molar refractivity (Wildman–Crippen MR) is 45.2 cm³/mol. The third-order valence-corrected chi connectivity index (χ3v) is 2.22. The number of aromatic amines is 1. The summed E-state index contributed by atoms with van der Waals surface area (Å²) in [5.41, 5.74) is 7.78. The lowest BCUT2D eigenvalue weighted by Crippen LogP contribution is -2.14. The molecule has 0 spiro atoms. The highest BCUT2D eigenvalue weighted by atomic mass is 15.0. The van der Waals surface area contributed by atoms with Crippen LogP contribution in [0.25, 0.3) is 0 Å². The first-order chi connectivity index (χ1) is 5.38. The smallest absolute Gasteiger partial charge is 0.0553 e. The van der Waals surface area contributed by atoms with Gasteiger partial charge in [-0.15, -0.1) is 0 Å².